The van der Waals surface area contributed by atoms with Gasteiger partial charge in [-0.3, -0.25) is 4.79 Å². The number of phenols is 1. The molecule has 0 aliphatic heterocycles. The summed E-state index contributed by atoms with van der Waals surface area (Å²) in [6, 6.07) is 13.0. The van der Waals surface area contributed by atoms with Crippen LogP contribution in [0.4, 0.5) is 5.69 Å². The zero-order chi connectivity index (χ0) is 15.4. The number of anilines is 1. The molecule has 106 valence electrons. The van der Waals surface area contributed by atoms with Crippen LogP contribution in [0, 0.1) is 11.3 Å². The van der Waals surface area contributed by atoms with Gasteiger partial charge < -0.3 is 16.2 Å². The minimum absolute atomic E-state index is 0.0135. The quantitative estimate of drug-likeness (QED) is 0.594. The molecule has 0 aromatic heterocycles. The molecule has 0 bridgehead atoms. The van der Waals surface area contributed by atoms with Crippen LogP contribution in [0.2, 0.25) is 0 Å². The van der Waals surface area contributed by atoms with Gasteiger partial charge in [-0.05, 0) is 42.8 Å². The molecule has 2 aromatic carbocycles. The van der Waals surface area contributed by atoms with Gasteiger partial charge in [0.2, 0.25) is 0 Å². The van der Waals surface area contributed by atoms with Gasteiger partial charge in [-0.1, -0.05) is 12.1 Å². The third kappa shape index (κ3) is 3.31. The molecule has 1 unspecified atom stereocenters. The number of carbonyl (C=O) groups excluding carboxylic acids is 1. The lowest BCUT2D eigenvalue weighted by Gasteiger charge is -2.15. The number of nitrogen functional groups attached to an aromatic ring is 1. The van der Waals surface area contributed by atoms with Crippen LogP contribution in [0.25, 0.3) is 0 Å². The fourth-order valence-corrected chi connectivity index (χ4v) is 1.94. The molecule has 0 heterocycles. The number of carbonyl (C=O) groups is 1. The van der Waals surface area contributed by atoms with Crippen molar-refractivity contribution in [2.24, 2.45) is 0 Å². The van der Waals surface area contributed by atoms with E-state index in [1.54, 1.807) is 24.3 Å². The molecule has 5 nitrogen and oxygen atoms in total. The first-order chi connectivity index (χ1) is 10.0. The summed E-state index contributed by atoms with van der Waals surface area (Å²) in [5.74, 6) is -0.374. The molecule has 0 spiro atoms. The number of nitrogens with one attached hydrogen (secondary N) is 1. The third-order valence-corrected chi connectivity index (χ3v) is 3.17. The number of nitriles is 1. The van der Waals surface area contributed by atoms with Gasteiger partial charge in [-0.15, -0.1) is 0 Å². The van der Waals surface area contributed by atoms with E-state index in [-0.39, 0.29) is 23.3 Å². The van der Waals surface area contributed by atoms with Crippen LogP contribution in [-0.2, 0) is 0 Å². The van der Waals surface area contributed by atoms with E-state index in [1.807, 2.05) is 13.0 Å². The van der Waals surface area contributed by atoms with Crippen molar-refractivity contribution in [3.8, 4) is 11.8 Å². The van der Waals surface area contributed by atoms with Crippen molar-refractivity contribution < 1.29 is 9.90 Å². The van der Waals surface area contributed by atoms with Crippen LogP contribution in [0.15, 0.2) is 42.5 Å². The number of hydrogen-bond donors (Lipinski definition) is 3. The molecule has 2 aromatic rings. The molecule has 1 amide bonds. The molecule has 4 N–H and O–H groups in total. The van der Waals surface area contributed by atoms with Gasteiger partial charge in [-0.25, -0.2) is 0 Å². The summed E-state index contributed by atoms with van der Waals surface area (Å²) < 4.78 is 0. The Hall–Kier alpha value is -3.00. The number of rotatable bonds is 3. The largest absolute Gasteiger partial charge is 0.508 e. The second-order valence-corrected chi connectivity index (χ2v) is 4.70. The van der Waals surface area contributed by atoms with Gasteiger partial charge in [-0.2, -0.15) is 5.26 Å². The lowest BCUT2D eigenvalue weighted by atomic mass is 10.1. The molecule has 0 fully saturated rings. The number of nitrogens with zero attached hydrogens (tertiary/aromatic N) is 1. The monoisotopic (exact) mass is 281 g/mol. The Morgan fingerprint density at radius 1 is 1.29 bits per heavy atom. The van der Waals surface area contributed by atoms with Crippen LogP contribution < -0.4 is 11.1 Å². The molecule has 0 saturated carbocycles. The topological polar surface area (TPSA) is 99.1 Å². The molecule has 0 saturated heterocycles. The van der Waals surface area contributed by atoms with Crippen LogP contribution in [0.3, 0.4) is 0 Å². The number of hydrogen-bond acceptors (Lipinski definition) is 4. The van der Waals surface area contributed by atoms with Gasteiger partial charge in [0.1, 0.15) is 5.75 Å². The smallest absolute Gasteiger partial charge is 0.253 e. The van der Waals surface area contributed by atoms with Crippen LogP contribution in [-0.4, -0.2) is 11.0 Å². The average Bonchev–Trinajstić information content (AvgIpc) is 2.49. The molecule has 0 aliphatic rings. The summed E-state index contributed by atoms with van der Waals surface area (Å²) in [4.78, 5) is 12.2. The molecule has 1 atom stereocenters. The summed E-state index contributed by atoms with van der Waals surface area (Å²) in [6.45, 7) is 1.83. The Labute approximate surface area is 122 Å². The second kappa shape index (κ2) is 5.97. The SMILES string of the molecule is CC(NC(=O)c1cc(O)ccc1N)c1ccc(C#N)cc1. The number of aromatic hydroxyl groups is 1. The summed E-state index contributed by atoms with van der Waals surface area (Å²) in [5.41, 5.74) is 7.71. The maximum Gasteiger partial charge on any atom is 0.253 e. The Morgan fingerprint density at radius 3 is 2.57 bits per heavy atom. The number of benzene rings is 2. The van der Waals surface area contributed by atoms with Crippen molar-refractivity contribution in [2.75, 3.05) is 5.73 Å². The van der Waals surface area contributed by atoms with Gasteiger partial charge in [0, 0.05) is 5.69 Å². The minimum Gasteiger partial charge on any atom is -0.508 e. The van der Waals surface area contributed by atoms with Crippen molar-refractivity contribution >= 4 is 11.6 Å². The predicted octanol–water partition coefficient (Wildman–Crippen LogP) is 2.34. The van der Waals surface area contributed by atoms with E-state index in [2.05, 4.69) is 5.32 Å². The number of nitrogens with two attached hydrogens (primary N) is 1. The predicted molar refractivity (Wildman–Crippen MR) is 79.6 cm³/mol. The number of phenolic OH excluding ortho intramolecular Hbond substituents is 1. The Morgan fingerprint density at radius 2 is 1.95 bits per heavy atom. The first kappa shape index (κ1) is 14.4. The molecule has 21 heavy (non-hydrogen) atoms. The van der Waals surface area contributed by atoms with Crippen molar-refractivity contribution in [1.29, 1.82) is 5.26 Å². The first-order valence-corrected chi connectivity index (χ1v) is 6.40. The highest BCUT2D eigenvalue weighted by atomic mass is 16.3. The highest BCUT2D eigenvalue weighted by Crippen LogP contribution is 2.20. The van der Waals surface area contributed by atoms with E-state index in [9.17, 15) is 9.90 Å². The number of amides is 1. The van der Waals surface area contributed by atoms with E-state index in [1.165, 1.54) is 18.2 Å². The zero-order valence-electron chi connectivity index (χ0n) is 11.5. The Kier molecular flexibility index (Phi) is 4.10. The molecule has 5 heteroatoms. The molecular formula is C16H15N3O2. The molecule has 0 aliphatic carbocycles. The van der Waals surface area contributed by atoms with E-state index < -0.39 is 0 Å². The van der Waals surface area contributed by atoms with Crippen molar-refractivity contribution in [2.45, 2.75) is 13.0 Å². The zero-order valence-corrected chi connectivity index (χ0v) is 11.5. The fourth-order valence-electron chi connectivity index (χ4n) is 1.94. The molecular weight excluding hydrogens is 266 g/mol. The van der Waals surface area contributed by atoms with Gasteiger partial charge in [0.05, 0.1) is 23.2 Å². The van der Waals surface area contributed by atoms with Gasteiger partial charge in [0.15, 0.2) is 0 Å². The van der Waals surface area contributed by atoms with Gasteiger partial charge in [0.25, 0.3) is 5.91 Å². The molecule has 2 rings (SSSR count). The second-order valence-electron chi connectivity index (χ2n) is 4.70. The maximum atomic E-state index is 12.2. The maximum absolute atomic E-state index is 12.2. The first-order valence-electron chi connectivity index (χ1n) is 6.40. The lowest BCUT2D eigenvalue weighted by Crippen LogP contribution is -2.27. The fraction of sp³-hybridized carbons (Fsp3) is 0.125. The van der Waals surface area contributed by atoms with Crippen LogP contribution in [0.5, 0.6) is 5.75 Å². The summed E-state index contributed by atoms with van der Waals surface area (Å²) in [6.07, 6.45) is 0. The standard InChI is InChI=1S/C16H15N3O2/c1-10(12-4-2-11(9-17)3-5-12)19-16(21)14-8-13(20)6-7-15(14)18/h2-8,10,20H,18H2,1H3,(H,19,21). The van der Waals surface area contributed by atoms with E-state index in [4.69, 9.17) is 11.0 Å². The summed E-state index contributed by atoms with van der Waals surface area (Å²) >= 11 is 0. The minimum atomic E-state index is -0.361. The van der Waals surface area contributed by atoms with Crippen LogP contribution in [0.1, 0.15) is 34.5 Å². The van der Waals surface area contributed by atoms with E-state index in [0.29, 0.717) is 11.3 Å². The van der Waals surface area contributed by atoms with Crippen molar-refractivity contribution in [3.05, 3.63) is 59.2 Å². The Bertz CT molecular complexity index is 702. The van der Waals surface area contributed by atoms with E-state index in [0.717, 1.165) is 5.56 Å². The van der Waals surface area contributed by atoms with Crippen molar-refractivity contribution in [1.82, 2.24) is 5.32 Å². The summed E-state index contributed by atoms with van der Waals surface area (Å²) in [5, 5.41) is 21.0. The van der Waals surface area contributed by atoms with Crippen LogP contribution >= 0.6 is 0 Å². The summed E-state index contributed by atoms with van der Waals surface area (Å²) in [7, 11) is 0. The highest BCUT2D eigenvalue weighted by Gasteiger charge is 2.14. The Balaban J connectivity index is 2.14. The highest BCUT2D eigenvalue weighted by molar-refractivity contribution is 5.99. The van der Waals surface area contributed by atoms with Crippen molar-refractivity contribution in [3.63, 3.8) is 0 Å². The normalized spacial score (nSPS) is 11.4. The van der Waals surface area contributed by atoms with E-state index >= 15 is 0 Å². The molecule has 0 radical (unpaired) electrons. The third-order valence-electron chi connectivity index (χ3n) is 3.17. The average molecular weight is 281 g/mol. The lowest BCUT2D eigenvalue weighted by molar-refractivity contribution is 0.0940. The van der Waals surface area contributed by atoms with Gasteiger partial charge >= 0.3 is 0 Å².